The lowest BCUT2D eigenvalue weighted by atomic mass is 9.88. The third kappa shape index (κ3) is 3.38. The van der Waals surface area contributed by atoms with Gasteiger partial charge in [0.1, 0.15) is 11.2 Å². The number of halogens is 1. The number of carbonyl (C=O) groups excluding carboxylic acids is 3. The first-order valence-corrected chi connectivity index (χ1v) is 8.80. The van der Waals surface area contributed by atoms with Crippen LogP contribution >= 0.6 is 11.6 Å². The van der Waals surface area contributed by atoms with Crippen molar-refractivity contribution in [2.24, 2.45) is 5.92 Å². The van der Waals surface area contributed by atoms with Gasteiger partial charge in [-0.3, -0.25) is 14.6 Å². The summed E-state index contributed by atoms with van der Waals surface area (Å²) in [7, 11) is 0. The second kappa shape index (κ2) is 7.00. The SMILES string of the molecule is CC(C)[C@]1(C)NC(=O)N(c2ccc(NC(=O)c3ccccn3)cc2Cl)C1=O. The second-order valence-electron chi connectivity index (χ2n) is 6.76. The summed E-state index contributed by atoms with van der Waals surface area (Å²) < 4.78 is 0. The normalized spacial score (nSPS) is 19.4. The average molecular weight is 387 g/mol. The van der Waals surface area contributed by atoms with Crippen molar-refractivity contribution in [1.29, 1.82) is 0 Å². The minimum Gasteiger partial charge on any atom is -0.323 e. The van der Waals surface area contributed by atoms with Crippen molar-refractivity contribution < 1.29 is 14.4 Å². The Kier molecular flexibility index (Phi) is 4.89. The minimum atomic E-state index is -0.994. The highest BCUT2D eigenvalue weighted by Gasteiger charge is 2.50. The van der Waals surface area contributed by atoms with Crippen molar-refractivity contribution in [2.45, 2.75) is 26.3 Å². The lowest BCUT2D eigenvalue weighted by molar-refractivity contribution is -0.122. The maximum absolute atomic E-state index is 12.8. The molecule has 1 aliphatic rings. The molecule has 3 rings (SSSR count). The van der Waals surface area contributed by atoms with Gasteiger partial charge in [0, 0.05) is 11.9 Å². The largest absolute Gasteiger partial charge is 0.329 e. The molecule has 7 nitrogen and oxygen atoms in total. The van der Waals surface area contributed by atoms with Crippen molar-refractivity contribution >= 4 is 40.8 Å². The van der Waals surface area contributed by atoms with Crippen LogP contribution in [-0.2, 0) is 4.79 Å². The summed E-state index contributed by atoms with van der Waals surface area (Å²) in [5, 5.41) is 5.58. The first kappa shape index (κ1) is 18.8. The third-order valence-electron chi connectivity index (χ3n) is 4.72. The molecule has 140 valence electrons. The number of pyridine rings is 1. The van der Waals surface area contributed by atoms with Gasteiger partial charge >= 0.3 is 6.03 Å². The van der Waals surface area contributed by atoms with Gasteiger partial charge in [-0.1, -0.05) is 31.5 Å². The lowest BCUT2D eigenvalue weighted by Gasteiger charge is -2.25. The number of benzene rings is 1. The summed E-state index contributed by atoms with van der Waals surface area (Å²) in [6, 6.07) is 9.08. The Bertz CT molecular complexity index is 916. The third-order valence-corrected chi connectivity index (χ3v) is 5.02. The van der Waals surface area contributed by atoms with Gasteiger partial charge in [-0.2, -0.15) is 0 Å². The number of amides is 4. The highest BCUT2D eigenvalue weighted by molar-refractivity contribution is 6.36. The molecule has 0 saturated carbocycles. The standard InChI is InChI=1S/C19H19ClN4O3/c1-11(2)19(3)17(26)24(18(27)23-19)15-8-7-12(10-13(15)20)22-16(25)14-6-4-5-9-21-14/h4-11H,1-3H3,(H,22,25)(H,23,27)/t19-/m0/s1. The number of aromatic nitrogens is 1. The van der Waals surface area contributed by atoms with E-state index in [9.17, 15) is 14.4 Å². The Balaban J connectivity index is 1.84. The summed E-state index contributed by atoms with van der Waals surface area (Å²) in [6.07, 6.45) is 1.52. The van der Waals surface area contributed by atoms with Gasteiger partial charge in [-0.05, 0) is 43.2 Å². The fourth-order valence-corrected chi connectivity index (χ4v) is 2.99. The van der Waals surface area contributed by atoms with Crippen LogP contribution in [0.15, 0.2) is 42.6 Å². The van der Waals surface area contributed by atoms with Gasteiger partial charge in [-0.25, -0.2) is 9.69 Å². The van der Waals surface area contributed by atoms with E-state index in [0.29, 0.717) is 5.69 Å². The molecule has 0 unspecified atom stereocenters. The topological polar surface area (TPSA) is 91.4 Å². The van der Waals surface area contributed by atoms with E-state index in [0.717, 1.165) is 4.90 Å². The van der Waals surface area contributed by atoms with Crippen LogP contribution in [0, 0.1) is 5.92 Å². The molecule has 0 bridgehead atoms. The maximum atomic E-state index is 12.8. The van der Waals surface area contributed by atoms with Crippen LogP contribution in [0.2, 0.25) is 5.02 Å². The van der Waals surface area contributed by atoms with Gasteiger partial charge in [0.05, 0.1) is 10.7 Å². The van der Waals surface area contributed by atoms with Crippen LogP contribution in [0.5, 0.6) is 0 Å². The molecule has 1 aliphatic heterocycles. The Morgan fingerprint density at radius 1 is 1.26 bits per heavy atom. The molecular formula is C19H19ClN4O3. The molecule has 2 heterocycles. The molecule has 27 heavy (non-hydrogen) atoms. The molecule has 1 saturated heterocycles. The summed E-state index contributed by atoms with van der Waals surface area (Å²) in [4.78, 5) is 42.3. The van der Waals surface area contributed by atoms with Crippen molar-refractivity contribution in [3.05, 3.63) is 53.3 Å². The molecular weight excluding hydrogens is 368 g/mol. The van der Waals surface area contributed by atoms with Crippen LogP contribution in [0.1, 0.15) is 31.3 Å². The molecule has 2 N–H and O–H groups in total. The summed E-state index contributed by atoms with van der Waals surface area (Å²) >= 11 is 6.30. The van der Waals surface area contributed by atoms with E-state index in [2.05, 4.69) is 15.6 Å². The Morgan fingerprint density at radius 2 is 2.00 bits per heavy atom. The molecule has 8 heteroatoms. The number of hydrogen-bond donors (Lipinski definition) is 2. The number of rotatable bonds is 4. The molecule has 4 amide bonds. The summed E-state index contributed by atoms with van der Waals surface area (Å²) in [5.41, 5.74) is -0.0383. The second-order valence-corrected chi connectivity index (χ2v) is 7.17. The first-order chi connectivity index (χ1) is 12.7. The fraction of sp³-hybridized carbons (Fsp3) is 0.263. The number of carbonyl (C=O) groups is 3. The summed E-state index contributed by atoms with van der Waals surface area (Å²) in [5.74, 6) is -0.842. The molecule has 2 aromatic rings. The number of nitrogens with one attached hydrogen (secondary N) is 2. The smallest absolute Gasteiger partial charge is 0.323 e. The average Bonchev–Trinajstić information content (AvgIpc) is 2.86. The Morgan fingerprint density at radius 3 is 2.56 bits per heavy atom. The molecule has 1 atom stereocenters. The zero-order valence-corrected chi connectivity index (χ0v) is 15.9. The summed E-state index contributed by atoms with van der Waals surface area (Å²) in [6.45, 7) is 5.41. The van der Waals surface area contributed by atoms with Crippen molar-refractivity contribution in [2.75, 3.05) is 10.2 Å². The van der Waals surface area contributed by atoms with Crippen LogP contribution in [0.3, 0.4) is 0 Å². The predicted octanol–water partition coefficient (Wildman–Crippen LogP) is 3.46. The fourth-order valence-electron chi connectivity index (χ4n) is 2.72. The van der Waals surface area contributed by atoms with Gasteiger partial charge in [0.25, 0.3) is 11.8 Å². The minimum absolute atomic E-state index is 0.0883. The van der Waals surface area contributed by atoms with Crippen molar-refractivity contribution in [1.82, 2.24) is 10.3 Å². The molecule has 0 radical (unpaired) electrons. The molecule has 1 aromatic heterocycles. The van der Waals surface area contributed by atoms with E-state index >= 15 is 0 Å². The van der Waals surface area contributed by atoms with E-state index in [4.69, 9.17) is 11.6 Å². The van der Waals surface area contributed by atoms with Gasteiger partial charge in [0.15, 0.2) is 0 Å². The zero-order chi connectivity index (χ0) is 19.8. The van der Waals surface area contributed by atoms with Crippen LogP contribution < -0.4 is 15.5 Å². The monoisotopic (exact) mass is 386 g/mol. The number of imide groups is 1. The Hall–Kier alpha value is -2.93. The maximum Gasteiger partial charge on any atom is 0.329 e. The van der Waals surface area contributed by atoms with Gasteiger partial charge in [0.2, 0.25) is 0 Å². The number of urea groups is 1. The number of nitrogens with zero attached hydrogens (tertiary/aromatic N) is 2. The van der Waals surface area contributed by atoms with Crippen molar-refractivity contribution in [3.8, 4) is 0 Å². The zero-order valence-electron chi connectivity index (χ0n) is 15.1. The van der Waals surface area contributed by atoms with E-state index in [1.807, 2.05) is 13.8 Å². The van der Waals surface area contributed by atoms with Crippen LogP contribution in [0.25, 0.3) is 0 Å². The first-order valence-electron chi connectivity index (χ1n) is 8.42. The predicted molar refractivity (Wildman–Crippen MR) is 103 cm³/mol. The Labute approximate surface area is 161 Å². The quantitative estimate of drug-likeness (QED) is 0.787. The number of hydrogen-bond acceptors (Lipinski definition) is 4. The van der Waals surface area contributed by atoms with E-state index < -0.39 is 11.6 Å². The lowest BCUT2D eigenvalue weighted by Crippen LogP contribution is -2.48. The highest BCUT2D eigenvalue weighted by atomic mass is 35.5. The van der Waals surface area contributed by atoms with E-state index in [1.54, 1.807) is 31.2 Å². The van der Waals surface area contributed by atoms with Gasteiger partial charge < -0.3 is 10.6 Å². The van der Waals surface area contributed by atoms with E-state index in [1.165, 1.54) is 18.3 Å². The van der Waals surface area contributed by atoms with E-state index in [-0.39, 0.29) is 34.1 Å². The molecule has 1 aromatic carbocycles. The molecule has 0 aliphatic carbocycles. The molecule has 1 fully saturated rings. The number of anilines is 2. The highest BCUT2D eigenvalue weighted by Crippen LogP contribution is 2.35. The molecule has 0 spiro atoms. The van der Waals surface area contributed by atoms with Crippen LogP contribution in [0.4, 0.5) is 16.2 Å². The van der Waals surface area contributed by atoms with Crippen molar-refractivity contribution in [3.63, 3.8) is 0 Å². The van der Waals surface area contributed by atoms with Gasteiger partial charge in [-0.15, -0.1) is 0 Å². The van der Waals surface area contributed by atoms with Crippen LogP contribution in [-0.4, -0.2) is 28.4 Å².